The molecular weight excluding hydrogens is 1250 g/mol. The molecule has 92 heavy (non-hydrogen) atoms. The second-order valence-corrected chi connectivity index (χ2v) is 22.9. The van der Waals surface area contributed by atoms with Crippen molar-refractivity contribution in [3.8, 4) is 0 Å². The van der Waals surface area contributed by atoms with E-state index in [0.717, 1.165) is 39.5 Å². The van der Waals surface area contributed by atoms with E-state index in [9.17, 15) is 23.2 Å². The number of carboxylic acids is 1. The number of ether oxygens (including phenoxy) is 1. The molecule has 0 aromatic carbocycles. The number of nitrogens with two attached hydrogens (primary N) is 1. The van der Waals surface area contributed by atoms with E-state index in [1.165, 1.54) is 90.9 Å². The third kappa shape index (κ3) is 14.3. The van der Waals surface area contributed by atoms with Gasteiger partial charge in [0.05, 0.1) is 113 Å². The zero-order valence-corrected chi connectivity index (χ0v) is 51.0. The van der Waals surface area contributed by atoms with Crippen LogP contribution in [0.2, 0.25) is 10.0 Å². The number of ketones is 1. The Bertz CT molecular complexity index is 4820. The molecule has 0 atom stereocenters. The van der Waals surface area contributed by atoms with Crippen molar-refractivity contribution in [3.05, 3.63) is 213 Å². The summed E-state index contributed by atoms with van der Waals surface area (Å²) < 4.78 is 46.1. The van der Waals surface area contributed by atoms with E-state index in [2.05, 4.69) is 92.6 Å². The van der Waals surface area contributed by atoms with E-state index in [4.69, 9.17) is 38.8 Å². The van der Waals surface area contributed by atoms with Crippen molar-refractivity contribution in [2.24, 2.45) is 5.73 Å². The van der Waals surface area contributed by atoms with Crippen LogP contribution in [0.3, 0.4) is 0 Å². The van der Waals surface area contributed by atoms with Crippen LogP contribution in [0, 0.1) is 11.6 Å². The summed E-state index contributed by atoms with van der Waals surface area (Å²) in [6.45, 7) is 3.56. The normalized spacial score (nSPS) is 13.5. The summed E-state index contributed by atoms with van der Waals surface area (Å²) in [6, 6.07) is 21.9. The van der Waals surface area contributed by atoms with Crippen LogP contribution in [-0.2, 0) is 37.3 Å². The molecule has 0 aliphatic heterocycles. The molecule has 25 nitrogen and oxygen atoms in total. The van der Waals surface area contributed by atoms with Gasteiger partial charge in [-0.2, -0.15) is 15.3 Å². The lowest BCUT2D eigenvalue weighted by molar-refractivity contribution is 0.0518. The number of carbonyl (C=O) groups is 3. The highest BCUT2D eigenvalue weighted by Crippen LogP contribution is 2.42. The maximum absolute atomic E-state index is 14.4. The van der Waals surface area contributed by atoms with Gasteiger partial charge in [0.2, 0.25) is 0 Å². The van der Waals surface area contributed by atoms with Crippen LogP contribution in [0.15, 0.2) is 129 Å². The van der Waals surface area contributed by atoms with Gasteiger partial charge in [0.1, 0.15) is 16.7 Å². The Morgan fingerprint density at radius 3 is 1.40 bits per heavy atom. The molecule has 0 unspecified atom stereocenters. The first kappa shape index (κ1) is 63.7. The predicted molar refractivity (Wildman–Crippen MR) is 337 cm³/mol. The first-order chi connectivity index (χ1) is 43.7. The summed E-state index contributed by atoms with van der Waals surface area (Å²) in [5.74, 6) is -0.612. The van der Waals surface area contributed by atoms with Crippen molar-refractivity contribution in [2.45, 2.75) is 110 Å². The molecule has 3 saturated carbocycles. The molecule has 13 aromatic rings. The van der Waals surface area contributed by atoms with Gasteiger partial charge in [-0.15, -0.1) is 27.7 Å². The Balaban J connectivity index is 0.000000131. The molecule has 3 aliphatic carbocycles. The lowest BCUT2D eigenvalue weighted by Crippen LogP contribution is -2.05. The van der Waals surface area contributed by atoms with Gasteiger partial charge in [0.25, 0.3) is 0 Å². The molecule has 0 saturated heterocycles. The number of aryl methyl sites for hydroxylation is 1. The number of esters is 1. The monoisotopic (exact) mass is 1310 g/mol. The molecular formula is C62H61Cl3F2N20O5. The molecule has 3 N–H and O–H groups in total. The minimum absolute atomic E-state index is 0. The molecule has 0 bridgehead atoms. The molecule has 0 radical (unpaired) electrons. The van der Waals surface area contributed by atoms with Crippen LogP contribution in [0.25, 0.3) is 27.6 Å². The van der Waals surface area contributed by atoms with Crippen molar-refractivity contribution in [1.29, 1.82) is 0 Å². The average Bonchev–Trinajstić information content (AvgIpc) is 2.68. The third-order valence-corrected chi connectivity index (χ3v) is 16.0. The predicted octanol–water partition coefficient (Wildman–Crippen LogP) is 10.3. The average molecular weight is 1310 g/mol. The first-order valence-corrected chi connectivity index (χ1v) is 29.8. The van der Waals surface area contributed by atoms with Gasteiger partial charge in [0, 0.05) is 43.9 Å². The van der Waals surface area contributed by atoms with Crippen molar-refractivity contribution in [3.63, 3.8) is 0 Å². The zero-order valence-electron chi connectivity index (χ0n) is 48.6. The number of halogens is 5. The maximum atomic E-state index is 14.4. The van der Waals surface area contributed by atoms with E-state index < -0.39 is 23.6 Å². The number of fused-ring (bicyclic) bond motifs is 5. The highest BCUT2D eigenvalue weighted by molar-refractivity contribution is 6.31. The number of hydrogen-bond donors (Lipinski definition) is 2. The number of Topliss-reactive ketones (excluding diaryl/α,β-unsaturated/α-hetero) is 1. The lowest BCUT2D eigenvalue weighted by atomic mass is 10.1. The lowest BCUT2D eigenvalue weighted by Gasteiger charge is -2.01. The van der Waals surface area contributed by atoms with Crippen LogP contribution in [-0.4, -0.2) is 122 Å². The largest absolute Gasteiger partial charge is 0.476 e. The number of nitrogens with zero attached hydrogens (tertiary/aromatic N) is 19. The van der Waals surface area contributed by atoms with Crippen LogP contribution < -0.4 is 5.73 Å². The molecule has 30 heteroatoms. The second-order valence-electron chi connectivity index (χ2n) is 22.1. The van der Waals surface area contributed by atoms with Crippen molar-refractivity contribution in [2.75, 3.05) is 6.61 Å². The summed E-state index contributed by atoms with van der Waals surface area (Å²) in [5, 5.41) is 45.8. The quantitative estimate of drug-likeness (QED) is 0.0633. The number of rotatable bonds is 17. The zero-order chi connectivity index (χ0) is 62.2. The van der Waals surface area contributed by atoms with Crippen LogP contribution >= 0.6 is 35.6 Å². The Morgan fingerprint density at radius 2 is 0.989 bits per heavy atom. The highest BCUT2D eigenvalue weighted by Gasteiger charge is 2.26. The van der Waals surface area contributed by atoms with Gasteiger partial charge in [0.15, 0.2) is 28.8 Å². The van der Waals surface area contributed by atoms with E-state index >= 15 is 0 Å². The van der Waals surface area contributed by atoms with Gasteiger partial charge < -0.3 is 24.4 Å². The second kappa shape index (κ2) is 27.3. The van der Waals surface area contributed by atoms with Crippen molar-refractivity contribution >= 4 is 80.9 Å². The molecule has 474 valence electrons. The molecule has 3 fully saturated rings. The minimum atomic E-state index is -1.08. The van der Waals surface area contributed by atoms with E-state index in [1.807, 2.05) is 50.3 Å². The van der Waals surface area contributed by atoms with Crippen LogP contribution in [0.1, 0.15) is 154 Å². The van der Waals surface area contributed by atoms with Crippen LogP contribution in [0.4, 0.5) is 8.78 Å². The molecule has 3 aliphatic rings. The number of aromatic carboxylic acids is 1. The smallest absolute Gasteiger partial charge is 0.360 e. The highest BCUT2D eigenvalue weighted by atomic mass is 35.5. The molecule has 0 amide bonds. The fourth-order valence-corrected chi connectivity index (χ4v) is 10.7. The fourth-order valence-electron chi connectivity index (χ4n) is 10.4. The topological polar surface area (TPSA) is 285 Å². The third-order valence-electron chi connectivity index (χ3n) is 15.5. The first-order valence-electron chi connectivity index (χ1n) is 29.1. The molecule has 0 spiro atoms. The van der Waals surface area contributed by atoms with Gasteiger partial charge in [-0.25, -0.2) is 55.9 Å². The number of pyridine rings is 5. The summed E-state index contributed by atoms with van der Waals surface area (Å²) in [5.41, 5.74) is 17.3. The van der Waals surface area contributed by atoms with E-state index in [0.29, 0.717) is 55.0 Å². The Hall–Kier alpha value is -9.83. The minimum Gasteiger partial charge on any atom is -0.476 e. The molecule has 16 rings (SSSR count). The van der Waals surface area contributed by atoms with E-state index in [1.54, 1.807) is 49.9 Å². The summed E-state index contributed by atoms with van der Waals surface area (Å²) in [6.07, 6.45) is 24.9. The molecule has 13 aromatic heterocycles. The standard InChI is InChI=1S/C23H19ClFN7O.C16H17N5O2.C14H13N5O2.C8H7ClFN3.CH4.ClH/c24-18-6-7-30-13-26-19(23(30)22(18)25)3-4-21(33)20-12-31(29-27-20)11-16-10-17-9-15(14-1-2-14)5-8-32(17)28-16;1-2-23-16(22)15-10-20(19-17-15)9-13-8-14-7-12(11-3-4-11)5-6-21(14)18-13;20-14(21)13-8-18(17-15-13)7-11-6-12-5-10(9-1-2-9)3-4-19(12)16-11;9-5-1-2-13-4-12-6(3-11)8(13)7(5)10;;/h5-10,12-14H,1-4,11H2;5-8,10-11H,2-4,9H2,1H3;3-6,8-9H,1-2,7H2,(H,20,21);1-2,4H,3,11H2;1H4;1H. The van der Waals surface area contributed by atoms with Gasteiger partial charge >= 0.3 is 11.9 Å². The van der Waals surface area contributed by atoms with Crippen LogP contribution in [0.5, 0.6) is 0 Å². The number of imidazole rings is 2. The number of carboxylic acid groups (broad SMARTS) is 1. The van der Waals surface area contributed by atoms with Gasteiger partial charge in [-0.05, 0) is 153 Å². The Kier molecular flexibility index (Phi) is 18.9. The van der Waals surface area contributed by atoms with Crippen molar-refractivity contribution in [1.82, 2.24) is 92.6 Å². The van der Waals surface area contributed by atoms with Gasteiger partial charge in [-0.3, -0.25) is 4.79 Å². The molecule has 13 heterocycles. The summed E-state index contributed by atoms with van der Waals surface area (Å²) >= 11 is 11.5. The van der Waals surface area contributed by atoms with Gasteiger partial charge in [-0.1, -0.05) is 46.3 Å². The maximum Gasteiger partial charge on any atom is 0.360 e. The van der Waals surface area contributed by atoms with E-state index in [-0.39, 0.29) is 77.6 Å². The Morgan fingerprint density at radius 1 is 0.587 bits per heavy atom. The summed E-state index contributed by atoms with van der Waals surface area (Å²) in [4.78, 5) is 43.2. The number of carbonyl (C=O) groups excluding carboxylic acids is 2. The summed E-state index contributed by atoms with van der Waals surface area (Å²) in [7, 11) is 0. The number of aromatic nitrogens is 19. The van der Waals surface area contributed by atoms with Crippen molar-refractivity contribution < 1.29 is 33.0 Å². The number of hydrogen-bond acceptors (Lipinski definition) is 16. The Labute approximate surface area is 538 Å². The fraction of sp³-hybridized carbons (Fsp3) is 0.290. The SMILES string of the molecule is C.CCOC(=O)c1cn(Cc2cc3cc(C4CC4)ccn3n2)nn1.Cl.NCc1ncn2ccc(Cl)c(F)c12.O=C(CCc1ncn2ccc(Cl)c(F)c12)c1cn(Cc2cc3cc(C4CC4)ccn3n2)nn1.O=C(O)c1cn(Cc2cc3cc(C4CC4)ccn3n2)nn1.